The lowest BCUT2D eigenvalue weighted by Crippen LogP contribution is -2.33. The van der Waals surface area contributed by atoms with Gasteiger partial charge in [0, 0.05) is 50.6 Å². The minimum absolute atomic E-state index is 0.431. The van der Waals surface area contributed by atoms with E-state index in [-0.39, 0.29) is 0 Å². The number of rotatable bonds is 6. The molecule has 0 unspecified atom stereocenters. The van der Waals surface area contributed by atoms with Crippen molar-refractivity contribution in [3.8, 4) is 11.3 Å². The summed E-state index contributed by atoms with van der Waals surface area (Å²) in [5.41, 5.74) is 2.72. The largest absolute Gasteiger partial charge is 0.444 e. The van der Waals surface area contributed by atoms with Crippen molar-refractivity contribution < 1.29 is 19.1 Å². The zero-order valence-electron chi connectivity index (χ0n) is 23.4. The molecule has 0 aliphatic heterocycles. The van der Waals surface area contributed by atoms with Gasteiger partial charge in [-0.05, 0) is 83.5 Å². The number of fused-ring (bicyclic) bond motifs is 2. The standard InChI is InChI=1S/C30H33Cl2N3O4S/c1-29(2,3)38-27(36)33-11-12-40-17-18-13-24(34-25-15-20(32)7-9-21(18)25)23-16-35(28(37)39-30(4,5)6)26-10-8-19(31)14-22(23)26/h7-10,13-16H,11-12,17H2,1-6H3,(H,33,36). The number of pyridine rings is 1. The summed E-state index contributed by atoms with van der Waals surface area (Å²) < 4.78 is 12.4. The second-order valence-corrected chi connectivity index (χ2v) is 13.3. The Morgan fingerprint density at radius 1 is 0.925 bits per heavy atom. The molecule has 212 valence electrons. The Morgan fingerprint density at radius 3 is 2.30 bits per heavy atom. The van der Waals surface area contributed by atoms with Crippen LogP contribution in [-0.2, 0) is 15.2 Å². The molecule has 0 aliphatic carbocycles. The van der Waals surface area contributed by atoms with Gasteiger partial charge in [0.1, 0.15) is 11.2 Å². The number of alkyl carbamates (subject to hydrolysis) is 1. The van der Waals surface area contributed by atoms with Crippen molar-refractivity contribution in [3.63, 3.8) is 0 Å². The Bertz CT molecular complexity index is 1570. The molecule has 0 radical (unpaired) electrons. The number of ether oxygens (including phenoxy) is 2. The fraction of sp³-hybridized carbons (Fsp3) is 0.367. The SMILES string of the molecule is CC(C)(C)OC(=O)NCCSCc1cc(-c2cn(C(=O)OC(C)(C)C)c3ccc(Cl)cc23)nc2cc(Cl)ccc12. The Kier molecular flexibility index (Phi) is 8.93. The third-order valence-electron chi connectivity index (χ3n) is 5.66. The Hall–Kier alpha value is -2.94. The van der Waals surface area contributed by atoms with Crippen LogP contribution >= 0.6 is 35.0 Å². The highest BCUT2D eigenvalue weighted by molar-refractivity contribution is 7.98. The van der Waals surface area contributed by atoms with Crippen molar-refractivity contribution >= 4 is 69.0 Å². The average molecular weight is 603 g/mol. The molecule has 2 aromatic carbocycles. The Labute approximate surface area is 248 Å². The molecule has 0 spiro atoms. The summed E-state index contributed by atoms with van der Waals surface area (Å²) in [5.74, 6) is 1.37. The number of carbonyl (C=O) groups excluding carboxylic acids is 2. The number of aromatic nitrogens is 2. The molecular formula is C30H33Cl2N3O4S. The lowest BCUT2D eigenvalue weighted by molar-refractivity contribution is 0.0524. The summed E-state index contributed by atoms with van der Waals surface area (Å²) >= 11 is 14.4. The normalized spacial score (nSPS) is 12.1. The first-order valence-corrected chi connectivity index (χ1v) is 14.8. The lowest BCUT2D eigenvalue weighted by Gasteiger charge is -2.19. The van der Waals surface area contributed by atoms with Gasteiger partial charge in [-0.15, -0.1) is 0 Å². The minimum atomic E-state index is -0.652. The third-order valence-corrected chi connectivity index (χ3v) is 7.14. The van der Waals surface area contributed by atoms with Crippen molar-refractivity contribution in [2.24, 2.45) is 0 Å². The summed E-state index contributed by atoms with van der Waals surface area (Å²) in [5, 5.41) is 5.69. The number of nitrogens with one attached hydrogen (secondary N) is 1. The highest BCUT2D eigenvalue weighted by Crippen LogP contribution is 2.35. The van der Waals surface area contributed by atoms with Gasteiger partial charge in [0.2, 0.25) is 0 Å². The van der Waals surface area contributed by atoms with Crippen LogP contribution in [-0.4, -0.2) is 45.2 Å². The molecule has 40 heavy (non-hydrogen) atoms. The van der Waals surface area contributed by atoms with E-state index in [1.165, 1.54) is 4.57 Å². The van der Waals surface area contributed by atoms with Crippen molar-refractivity contribution in [1.29, 1.82) is 0 Å². The maximum Gasteiger partial charge on any atom is 0.419 e. The molecule has 0 fully saturated rings. The monoisotopic (exact) mass is 601 g/mol. The van der Waals surface area contributed by atoms with Gasteiger partial charge in [0.15, 0.2) is 0 Å². The minimum Gasteiger partial charge on any atom is -0.444 e. The molecule has 1 amide bonds. The van der Waals surface area contributed by atoms with E-state index in [1.54, 1.807) is 30.1 Å². The highest BCUT2D eigenvalue weighted by Gasteiger charge is 2.22. The van der Waals surface area contributed by atoms with Gasteiger partial charge in [-0.2, -0.15) is 11.8 Å². The van der Waals surface area contributed by atoms with Crippen LogP contribution in [0.5, 0.6) is 0 Å². The predicted molar refractivity (Wildman–Crippen MR) is 165 cm³/mol. The van der Waals surface area contributed by atoms with E-state index in [2.05, 4.69) is 5.32 Å². The van der Waals surface area contributed by atoms with Crippen LogP contribution in [0.3, 0.4) is 0 Å². The number of hydrogen-bond donors (Lipinski definition) is 1. The average Bonchev–Trinajstić information content (AvgIpc) is 3.20. The van der Waals surface area contributed by atoms with Gasteiger partial charge in [0.25, 0.3) is 0 Å². The van der Waals surface area contributed by atoms with Crippen molar-refractivity contribution in [3.05, 3.63) is 64.3 Å². The van der Waals surface area contributed by atoms with E-state index in [1.807, 2.05) is 71.9 Å². The number of halogens is 2. The van der Waals surface area contributed by atoms with E-state index in [9.17, 15) is 9.59 Å². The van der Waals surface area contributed by atoms with Crippen LogP contribution in [0.25, 0.3) is 33.1 Å². The zero-order valence-corrected chi connectivity index (χ0v) is 25.8. The topological polar surface area (TPSA) is 82.5 Å². The first kappa shape index (κ1) is 30.0. The molecular weight excluding hydrogens is 569 g/mol. The molecule has 0 bridgehead atoms. The molecule has 2 aromatic heterocycles. The number of thioether (sulfide) groups is 1. The number of amides is 1. The summed E-state index contributed by atoms with van der Waals surface area (Å²) in [7, 11) is 0. The van der Waals surface area contributed by atoms with Gasteiger partial charge in [-0.25, -0.2) is 14.6 Å². The lowest BCUT2D eigenvalue weighted by atomic mass is 10.0. The van der Waals surface area contributed by atoms with E-state index < -0.39 is 23.4 Å². The van der Waals surface area contributed by atoms with E-state index in [0.717, 1.165) is 27.4 Å². The van der Waals surface area contributed by atoms with Crippen LogP contribution in [0.15, 0.2) is 48.7 Å². The molecule has 7 nitrogen and oxygen atoms in total. The van der Waals surface area contributed by atoms with Crippen LogP contribution in [0.4, 0.5) is 9.59 Å². The van der Waals surface area contributed by atoms with E-state index in [0.29, 0.717) is 39.3 Å². The van der Waals surface area contributed by atoms with Crippen molar-refractivity contribution in [2.45, 2.75) is 58.5 Å². The maximum atomic E-state index is 13.1. The molecule has 1 N–H and O–H groups in total. The van der Waals surface area contributed by atoms with E-state index >= 15 is 0 Å². The fourth-order valence-electron chi connectivity index (χ4n) is 4.12. The summed E-state index contributed by atoms with van der Waals surface area (Å²) in [6.07, 6.45) is 0.831. The van der Waals surface area contributed by atoms with Crippen LogP contribution in [0.1, 0.15) is 47.1 Å². The first-order valence-electron chi connectivity index (χ1n) is 12.9. The van der Waals surface area contributed by atoms with E-state index in [4.69, 9.17) is 37.7 Å². The molecule has 0 aliphatic rings. The third kappa shape index (κ3) is 7.62. The smallest absolute Gasteiger partial charge is 0.419 e. The zero-order chi connectivity index (χ0) is 29.2. The van der Waals surface area contributed by atoms with Crippen molar-refractivity contribution in [2.75, 3.05) is 12.3 Å². The van der Waals surface area contributed by atoms with Crippen LogP contribution < -0.4 is 5.32 Å². The number of hydrogen-bond acceptors (Lipinski definition) is 6. The number of nitrogens with zero attached hydrogens (tertiary/aromatic N) is 2. The number of carbonyl (C=O) groups is 2. The number of benzene rings is 2. The Morgan fingerprint density at radius 2 is 1.60 bits per heavy atom. The van der Waals surface area contributed by atoms with Gasteiger partial charge in [-0.3, -0.25) is 4.57 Å². The predicted octanol–water partition coefficient (Wildman–Crippen LogP) is 8.70. The maximum absolute atomic E-state index is 13.1. The van der Waals surface area contributed by atoms with Crippen LogP contribution in [0.2, 0.25) is 10.0 Å². The van der Waals surface area contributed by atoms with Gasteiger partial charge < -0.3 is 14.8 Å². The molecule has 0 atom stereocenters. The van der Waals surface area contributed by atoms with Gasteiger partial charge >= 0.3 is 12.2 Å². The first-order chi connectivity index (χ1) is 18.7. The Balaban J connectivity index is 1.67. The molecule has 0 saturated heterocycles. The van der Waals surface area contributed by atoms with Gasteiger partial charge in [0.05, 0.1) is 16.7 Å². The van der Waals surface area contributed by atoms with Crippen LogP contribution in [0, 0.1) is 0 Å². The van der Waals surface area contributed by atoms with Gasteiger partial charge in [-0.1, -0.05) is 29.3 Å². The second-order valence-electron chi connectivity index (χ2n) is 11.4. The molecule has 2 heterocycles. The summed E-state index contributed by atoms with van der Waals surface area (Å²) in [4.78, 5) is 30.0. The quantitative estimate of drug-likeness (QED) is 0.222. The summed E-state index contributed by atoms with van der Waals surface area (Å²) in [6, 6.07) is 13.0. The fourth-order valence-corrected chi connectivity index (χ4v) is 5.31. The second kappa shape index (κ2) is 11.9. The highest BCUT2D eigenvalue weighted by atomic mass is 35.5. The molecule has 4 aromatic rings. The molecule has 10 heteroatoms. The molecule has 4 rings (SSSR count). The molecule has 0 saturated carbocycles. The van der Waals surface area contributed by atoms with Crippen molar-refractivity contribution in [1.82, 2.24) is 14.9 Å². The summed E-state index contributed by atoms with van der Waals surface area (Å²) in [6.45, 7) is 11.5.